The molecule has 0 aromatic carbocycles. The van der Waals surface area contributed by atoms with Gasteiger partial charge < -0.3 is 24.8 Å². The van der Waals surface area contributed by atoms with Gasteiger partial charge in [-0.1, -0.05) is 45.4 Å². The van der Waals surface area contributed by atoms with Crippen molar-refractivity contribution in [3.63, 3.8) is 0 Å². The number of aliphatic carboxylic acids is 3. The second-order valence-corrected chi connectivity index (χ2v) is 7.26. The van der Waals surface area contributed by atoms with Gasteiger partial charge in [0.2, 0.25) is 5.78 Å². The third kappa shape index (κ3) is 3.89. The van der Waals surface area contributed by atoms with Crippen molar-refractivity contribution in [1.82, 2.24) is 0 Å². The van der Waals surface area contributed by atoms with Gasteiger partial charge in [-0.15, -0.1) is 0 Å². The molecule has 2 heterocycles. The topological polar surface area (TPSA) is 147 Å². The average Bonchev–Trinajstić information content (AvgIpc) is 3.15. The van der Waals surface area contributed by atoms with E-state index in [1.807, 2.05) is 0 Å². The number of rotatable bonds is 11. The van der Waals surface area contributed by atoms with Crippen LogP contribution < -0.4 is 0 Å². The number of ether oxygens (including phenoxy) is 2. The molecule has 0 unspecified atom stereocenters. The van der Waals surface area contributed by atoms with E-state index < -0.39 is 47.4 Å². The van der Waals surface area contributed by atoms with Gasteiger partial charge in [-0.05, 0) is 12.8 Å². The number of hydrogen-bond donors (Lipinski definition) is 3. The number of carboxylic acid groups (broad SMARTS) is 3. The molecule has 9 heteroatoms. The minimum atomic E-state index is -3.08. The van der Waals surface area contributed by atoms with Gasteiger partial charge in [0.05, 0.1) is 6.26 Å². The van der Waals surface area contributed by atoms with Crippen LogP contribution in [0.1, 0.15) is 64.7 Å². The molecular formula is C19H26O9. The second kappa shape index (κ2) is 8.72. The Labute approximate surface area is 162 Å². The Morgan fingerprint density at radius 3 is 2.11 bits per heavy atom. The third-order valence-corrected chi connectivity index (χ3v) is 5.30. The van der Waals surface area contributed by atoms with E-state index in [-0.39, 0.29) is 5.57 Å². The SMILES string of the molecule is CCCCCCCCCC1=CO[C@]2(C[C@@H](C(=O)O)C(C(=O)O)(C(=O)O)O2)C1=O. The molecule has 9 nitrogen and oxygen atoms in total. The van der Waals surface area contributed by atoms with Crippen LogP contribution in [-0.4, -0.2) is 50.4 Å². The smallest absolute Gasteiger partial charge is 0.348 e. The number of carbonyl (C=O) groups excluding carboxylic acids is 1. The van der Waals surface area contributed by atoms with Gasteiger partial charge in [0.1, 0.15) is 5.92 Å². The standard InChI is InChI=1S/C19H26O9/c1-2-3-4-5-6-7-8-9-12-11-27-18(14(12)20)10-13(15(21)22)19(28-18,16(23)24)17(25)26/h11,13H,2-10H2,1H3,(H,21,22)(H,23,24)(H,25,26)/t13-,18-/m0/s1. The Kier molecular flexibility index (Phi) is 6.82. The predicted molar refractivity (Wildman–Crippen MR) is 94.3 cm³/mol. The molecule has 1 spiro atoms. The number of ketones is 1. The molecule has 0 aromatic rings. The van der Waals surface area contributed by atoms with Gasteiger partial charge >= 0.3 is 17.9 Å². The van der Waals surface area contributed by atoms with Crippen LogP contribution in [0, 0.1) is 5.92 Å². The summed E-state index contributed by atoms with van der Waals surface area (Å²) in [5, 5.41) is 28.0. The van der Waals surface area contributed by atoms with Gasteiger partial charge in [0, 0.05) is 12.0 Å². The third-order valence-electron chi connectivity index (χ3n) is 5.30. The quantitative estimate of drug-likeness (QED) is 0.352. The first-order valence-corrected chi connectivity index (χ1v) is 9.52. The van der Waals surface area contributed by atoms with Crippen LogP contribution >= 0.6 is 0 Å². The number of Topliss-reactive ketones (excluding diaryl/α,β-unsaturated/α-hetero) is 1. The van der Waals surface area contributed by atoms with Crippen molar-refractivity contribution < 1.29 is 44.0 Å². The Morgan fingerprint density at radius 2 is 1.61 bits per heavy atom. The molecule has 0 radical (unpaired) electrons. The van der Waals surface area contributed by atoms with Crippen molar-refractivity contribution in [3.8, 4) is 0 Å². The lowest BCUT2D eigenvalue weighted by molar-refractivity contribution is -0.226. The zero-order valence-corrected chi connectivity index (χ0v) is 15.8. The lowest BCUT2D eigenvalue weighted by atomic mass is 9.85. The summed E-state index contributed by atoms with van der Waals surface area (Å²) >= 11 is 0. The molecule has 0 aliphatic carbocycles. The molecule has 156 valence electrons. The minimum absolute atomic E-state index is 0.254. The van der Waals surface area contributed by atoms with Gasteiger partial charge in [0.25, 0.3) is 11.4 Å². The van der Waals surface area contributed by atoms with Gasteiger partial charge in [-0.3, -0.25) is 9.59 Å². The van der Waals surface area contributed by atoms with Crippen LogP contribution in [-0.2, 0) is 28.7 Å². The largest absolute Gasteiger partial charge is 0.481 e. The molecule has 2 rings (SSSR count). The maximum atomic E-state index is 12.7. The van der Waals surface area contributed by atoms with E-state index in [0.717, 1.165) is 31.9 Å². The molecule has 1 saturated heterocycles. The molecule has 0 amide bonds. The molecule has 3 N–H and O–H groups in total. The monoisotopic (exact) mass is 398 g/mol. The predicted octanol–water partition coefficient (Wildman–Crippen LogP) is 2.34. The fourth-order valence-corrected chi connectivity index (χ4v) is 3.70. The molecule has 1 fully saturated rings. The van der Waals surface area contributed by atoms with E-state index in [1.165, 1.54) is 12.8 Å². The zero-order chi connectivity index (χ0) is 20.9. The summed E-state index contributed by atoms with van der Waals surface area (Å²) < 4.78 is 10.4. The fraction of sp³-hybridized carbons (Fsp3) is 0.684. The van der Waals surface area contributed by atoms with E-state index in [0.29, 0.717) is 12.8 Å². The van der Waals surface area contributed by atoms with E-state index in [1.54, 1.807) is 0 Å². The maximum Gasteiger partial charge on any atom is 0.348 e. The number of carbonyl (C=O) groups is 4. The van der Waals surface area contributed by atoms with E-state index in [4.69, 9.17) is 9.47 Å². The molecule has 0 aromatic heterocycles. The van der Waals surface area contributed by atoms with Crippen molar-refractivity contribution >= 4 is 23.7 Å². The van der Waals surface area contributed by atoms with Crippen molar-refractivity contribution in [2.75, 3.05) is 0 Å². The van der Waals surface area contributed by atoms with Crippen LogP contribution in [0.3, 0.4) is 0 Å². The van der Waals surface area contributed by atoms with Crippen LogP contribution in [0.4, 0.5) is 0 Å². The Bertz CT molecular complexity index is 667. The summed E-state index contributed by atoms with van der Waals surface area (Å²) in [5.41, 5.74) is -2.83. The molecule has 2 aliphatic rings. The number of hydrogen-bond acceptors (Lipinski definition) is 6. The maximum absolute atomic E-state index is 12.7. The molecule has 2 aliphatic heterocycles. The van der Waals surface area contributed by atoms with Crippen molar-refractivity contribution in [2.45, 2.75) is 76.1 Å². The van der Waals surface area contributed by atoms with Crippen LogP contribution in [0.5, 0.6) is 0 Å². The van der Waals surface area contributed by atoms with Gasteiger partial charge in [-0.2, -0.15) is 0 Å². The Morgan fingerprint density at radius 1 is 1.04 bits per heavy atom. The number of carboxylic acids is 3. The zero-order valence-electron chi connectivity index (χ0n) is 15.8. The lowest BCUT2D eigenvalue weighted by Gasteiger charge is -2.25. The summed E-state index contributed by atoms with van der Waals surface area (Å²) in [4.78, 5) is 47.4. The summed E-state index contributed by atoms with van der Waals surface area (Å²) in [6.45, 7) is 2.14. The van der Waals surface area contributed by atoms with E-state index in [2.05, 4.69) is 6.92 Å². The molecular weight excluding hydrogens is 372 g/mol. The highest BCUT2D eigenvalue weighted by atomic mass is 16.7. The molecule has 0 saturated carbocycles. The molecule has 2 atom stereocenters. The van der Waals surface area contributed by atoms with E-state index in [9.17, 15) is 34.5 Å². The highest BCUT2D eigenvalue weighted by Crippen LogP contribution is 2.48. The average molecular weight is 398 g/mol. The van der Waals surface area contributed by atoms with Crippen LogP contribution in [0.2, 0.25) is 0 Å². The lowest BCUT2D eigenvalue weighted by Crippen LogP contribution is -2.55. The van der Waals surface area contributed by atoms with Crippen LogP contribution in [0.15, 0.2) is 11.8 Å². The second-order valence-electron chi connectivity index (χ2n) is 7.26. The normalized spacial score (nSPS) is 25.5. The molecule has 0 bridgehead atoms. The summed E-state index contributed by atoms with van der Waals surface area (Å²) in [5.74, 6) is -10.5. The highest BCUT2D eigenvalue weighted by molar-refractivity contribution is 6.09. The summed E-state index contributed by atoms with van der Waals surface area (Å²) in [7, 11) is 0. The van der Waals surface area contributed by atoms with E-state index >= 15 is 0 Å². The van der Waals surface area contributed by atoms with Crippen molar-refractivity contribution in [2.24, 2.45) is 5.92 Å². The van der Waals surface area contributed by atoms with Crippen molar-refractivity contribution in [1.29, 1.82) is 0 Å². The first-order valence-electron chi connectivity index (χ1n) is 9.52. The summed E-state index contributed by atoms with van der Waals surface area (Å²) in [6, 6.07) is 0. The summed E-state index contributed by atoms with van der Waals surface area (Å²) in [6.07, 6.45) is 8.13. The Balaban J connectivity index is 2.02. The van der Waals surface area contributed by atoms with Gasteiger partial charge in [0.15, 0.2) is 0 Å². The Hall–Kier alpha value is -2.42. The van der Waals surface area contributed by atoms with Gasteiger partial charge in [-0.25, -0.2) is 9.59 Å². The first kappa shape index (κ1) is 21.9. The number of unbranched alkanes of at least 4 members (excludes halogenated alkanes) is 6. The van der Waals surface area contributed by atoms with Crippen molar-refractivity contribution in [3.05, 3.63) is 11.8 Å². The minimum Gasteiger partial charge on any atom is -0.481 e. The first-order chi connectivity index (χ1) is 13.2. The highest BCUT2D eigenvalue weighted by Gasteiger charge is 2.72. The molecule has 28 heavy (non-hydrogen) atoms. The van der Waals surface area contributed by atoms with Crippen LogP contribution in [0.25, 0.3) is 0 Å². The fourth-order valence-electron chi connectivity index (χ4n) is 3.70.